The van der Waals surface area contributed by atoms with Gasteiger partial charge in [0.2, 0.25) is 0 Å². The Morgan fingerprint density at radius 2 is 2.12 bits per heavy atom. The van der Waals surface area contributed by atoms with Crippen LogP contribution in [0.15, 0.2) is 36.4 Å². The van der Waals surface area contributed by atoms with E-state index in [1.54, 1.807) is 0 Å². The fourth-order valence-electron chi connectivity index (χ4n) is 3.15. The van der Waals surface area contributed by atoms with Crippen LogP contribution in [0.2, 0.25) is 0 Å². The fraction of sp³-hybridized carbons (Fsp3) is 0.333. The number of aryl methyl sites for hydroxylation is 1. The molecule has 1 heterocycles. The van der Waals surface area contributed by atoms with E-state index in [1.165, 1.54) is 18.4 Å². The number of hydrogen-bond acceptors (Lipinski definition) is 3. The molecule has 0 radical (unpaired) electrons. The van der Waals surface area contributed by atoms with Crippen LogP contribution in [0.5, 0.6) is 5.75 Å². The van der Waals surface area contributed by atoms with Gasteiger partial charge in [-0.1, -0.05) is 12.1 Å². The molecule has 2 aromatic carbocycles. The van der Waals surface area contributed by atoms with Crippen LogP contribution in [0.3, 0.4) is 0 Å². The number of rotatable bonds is 6. The molecule has 2 N–H and O–H groups in total. The number of aromatic nitrogens is 2. The van der Waals surface area contributed by atoms with Crippen LogP contribution in [-0.2, 0) is 0 Å². The lowest BCUT2D eigenvalue weighted by Gasteiger charge is -2.10. The zero-order valence-electron chi connectivity index (χ0n) is 15.1. The highest BCUT2D eigenvalue weighted by Gasteiger charge is 2.22. The van der Waals surface area contributed by atoms with Gasteiger partial charge in [0.15, 0.2) is 5.69 Å². The summed E-state index contributed by atoms with van der Waals surface area (Å²) >= 11 is 0. The lowest BCUT2D eigenvalue weighted by atomic mass is 9.99. The van der Waals surface area contributed by atoms with E-state index in [0.717, 1.165) is 40.3 Å². The fourth-order valence-corrected chi connectivity index (χ4v) is 3.15. The molecule has 1 fully saturated rings. The van der Waals surface area contributed by atoms with E-state index in [0.29, 0.717) is 12.2 Å². The summed E-state index contributed by atoms with van der Waals surface area (Å²) in [4.78, 5) is 12.1. The Bertz CT molecular complexity index is 957. The van der Waals surface area contributed by atoms with E-state index in [1.807, 2.05) is 31.2 Å². The zero-order valence-corrected chi connectivity index (χ0v) is 15.1. The maximum absolute atomic E-state index is 12.1. The highest BCUT2D eigenvalue weighted by atomic mass is 16.5. The molecule has 5 heteroatoms. The molecule has 0 spiro atoms. The van der Waals surface area contributed by atoms with Gasteiger partial charge in [0, 0.05) is 11.9 Å². The second-order valence-electron chi connectivity index (χ2n) is 6.92. The Morgan fingerprint density at radius 3 is 2.85 bits per heavy atom. The van der Waals surface area contributed by atoms with Crippen LogP contribution in [-0.4, -0.2) is 29.3 Å². The molecule has 1 saturated carbocycles. The van der Waals surface area contributed by atoms with Crippen molar-refractivity contribution in [1.82, 2.24) is 15.5 Å². The first-order chi connectivity index (χ1) is 12.7. The molecular formula is C21H23N3O2. The zero-order chi connectivity index (χ0) is 18.1. The number of ether oxygens (including phenoxy) is 1. The number of amides is 1. The van der Waals surface area contributed by atoms with E-state index in [2.05, 4.69) is 34.6 Å². The number of fused-ring (bicyclic) bond motifs is 1. The Balaban J connectivity index is 1.60. The molecule has 134 valence electrons. The van der Waals surface area contributed by atoms with E-state index >= 15 is 0 Å². The predicted octanol–water partition coefficient (Wildman–Crippen LogP) is 4.08. The highest BCUT2D eigenvalue weighted by molar-refractivity contribution is 6.05. The quantitative estimate of drug-likeness (QED) is 0.705. The first-order valence-electron chi connectivity index (χ1n) is 9.16. The number of aromatic amines is 1. The van der Waals surface area contributed by atoms with Crippen LogP contribution in [0.25, 0.3) is 22.0 Å². The first kappa shape index (κ1) is 16.6. The van der Waals surface area contributed by atoms with E-state index in [9.17, 15) is 4.79 Å². The summed E-state index contributed by atoms with van der Waals surface area (Å²) < 4.78 is 5.86. The van der Waals surface area contributed by atoms with Gasteiger partial charge in [-0.3, -0.25) is 9.89 Å². The molecular weight excluding hydrogens is 326 g/mol. The first-order valence-corrected chi connectivity index (χ1v) is 9.16. The topological polar surface area (TPSA) is 67.0 Å². The molecule has 0 unspecified atom stereocenters. The van der Waals surface area contributed by atoms with Crippen LogP contribution < -0.4 is 10.1 Å². The Morgan fingerprint density at radius 1 is 1.27 bits per heavy atom. The summed E-state index contributed by atoms with van der Waals surface area (Å²) in [6.45, 7) is 5.39. The van der Waals surface area contributed by atoms with Gasteiger partial charge >= 0.3 is 0 Å². The number of benzene rings is 2. The number of H-pyrrole nitrogens is 1. The van der Waals surface area contributed by atoms with Gasteiger partial charge in [0.1, 0.15) is 5.75 Å². The standard InChI is InChI=1S/C21H23N3O2/c1-3-22-21(25)20-18-8-6-15(11-19(18)23-24-20)17-9-7-16(10-13(17)2)26-12-14-4-5-14/h6-11,14H,3-5,12H2,1-2H3,(H,22,25)(H,23,24). The van der Waals surface area contributed by atoms with Crippen molar-refractivity contribution in [3.05, 3.63) is 47.7 Å². The van der Waals surface area contributed by atoms with E-state index in [-0.39, 0.29) is 5.91 Å². The average Bonchev–Trinajstić information content (AvgIpc) is 3.37. The van der Waals surface area contributed by atoms with E-state index < -0.39 is 0 Å². The molecule has 3 aromatic rings. The van der Waals surface area contributed by atoms with Crippen LogP contribution in [0.1, 0.15) is 35.8 Å². The van der Waals surface area contributed by atoms with Gasteiger partial charge in [-0.15, -0.1) is 0 Å². The van der Waals surface area contributed by atoms with Crippen molar-refractivity contribution in [2.24, 2.45) is 5.92 Å². The van der Waals surface area contributed by atoms with Crippen LogP contribution in [0, 0.1) is 12.8 Å². The molecule has 1 aliphatic carbocycles. The molecule has 26 heavy (non-hydrogen) atoms. The summed E-state index contributed by atoms with van der Waals surface area (Å²) in [7, 11) is 0. The lowest BCUT2D eigenvalue weighted by Crippen LogP contribution is -2.23. The predicted molar refractivity (Wildman–Crippen MR) is 102 cm³/mol. The smallest absolute Gasteiger partial charge is 0.272 e. The van der Waals surface area contributed by atoms with Crippen molar-refractivity contribution in [3.63, 3.8) is 0 Å². The Labute approximate surface area is 152 Å². The minimum Gasteiger partial charge on any atom is -0.493 e. The van der Waals surface area contributed by atoms with Crippen LogP contribution >= 0.6 is 0 Å². The maximum Gasteiger partial charge on any atom is 0.272 e. The van der Waals surface area contributed by atoms with Crippen molar-refractivity contribution in [3.8, 4) is 16.9 Å². The molecule has 1 aliphatic rings. The summed E-state index contributed by atoms with van der Waals surface area (Å²) in [5.41, 5.74) is 4.71. The Kier molecular flexibility index (Phi) is 4.37. The average molecular weight is 349 g/mol. The number of carbonyl (C=O) groups excluding carboxylic acids is 1. The van der Waals surface area contributed by atoms with Gasteiger partial charge in [-0.25, -0.2) is 0 Å². The minimum atomic E-state index is -0.153. The van der Waals surface area contributed by atoms with Crippen molar-refractivity contribution in [2.45, 2.75) is 26.7 Å². The largest absolute Gasteiger partial charge is 0.493 e. The number of carbonyl (C=O) groups is 1. The molecule has 0 bridgehead atoms. The van der Waals surface area contributed by atoms with E-state index in [4.69, 9.17) is 4.74 Å². The summed E-state index contributed by atoms with van der Waals surface area (Å²) in [5.74, 6) is 1.52. The normalized spacial score (nSPS) is 13.8. The molecule has 5 nitrogen and oxygen atoms in total. The minimum absolute atomic E-state index is 0.153. The van der Waals surface area contributed by atoms with Gasteiger partial charge in [-0.05, 0) is 73.6 Å². The second kappa shape index (κ2) is 6.83. The molecule has 0 aliphatic heterocycles. The number of nitrogens with zero attached hydrogens (tertiary/aromatic N) is 1. The van der Waals surface area contributed by atoms with Crippen molar-refractivity contribution in [1.29, 1.82) is 0 Å². The molecule has 1 aromatic heterocycles. The molecule has 0 saturated heterocycles. The lowest BCUT2D eigenvalue weighted by molar-refractivity contribution is 0.0952. The summed E-state index contributed by atoms with van der Waals surface area (Å²) in [6.07, 6.45) is 2.58. The highest BCUT2D eigenvalue weighted by Crippen LogP contribution is 2.32. The van der Waals surface area contributed by atoms with Gasteiger partial charge in [0.25, 0.3) is 5.91 Å². The third-order valence-electron chi connectivity index (χ3n) is 4.81. The third-order valence-corrected chi connectivity index (χ3v) is 4.81. The molecule has 0 atom stereocenters. The summed E-state index contributed by atoms with van der Waals surface area (Å²) in [6, 6.07) is 12.2. The number of hydrogen-bond donors (Lipinski definition) is 2. The molecule has 4 rings (SSSR count). The SMILES string of the molecule is CCNC(=O)c1n[nH]c2cc(-c3ccc(OCC4CC4)cc3C)ccc12. The monoisotopic (exact) mass is 349 g/mol. The maximum atomic E-state index is 12.1. The second-order valence-corrected chi connectivity index (χ2v) is 6.92. The van der Waals surface area contributed by atoms with Crippen LogP contribution in [0.4, 0.5) is 0 Å². The third kappa shape index (κ3) is 3.29. The van der Waals surface area contributed by atoms with Gasteiger partial charge in [-0.2, -0.15) is 5.10 Å². The van der Waals surface area contributed by atoms with Gasteiger partial charge < -0.3 is 10.1 Å². The molecule has 1 amide bonds. The van der Waals surface area contributed by atoms with Crippen molar-refractivity contribution >= 4 is 16.8 Å². The summed E-state index contributed by atoms with van der Waals surface area (Å²) in [5, 5.41) is 10.8. The Hall–Kier alpha value is -2.82. The number of nitrogens with one attached hydrogen (secondary N) is 2. The van der Waals surface area contributed by atoms with Crippen molar-refractivity contribution in [2.75, 3.05) is 13.2 Å². The van der Waals surface area contributed by atoms with Crippen molar-refractivity contribution < 1.29 is 9.53 Å². The van der Waals surface area contributed by atoms with Gasteiger partial charge in [0.05, 0.1) is 12.1 Å².